The lowest BCUT2D eigenvalue weighted by molar-refractivity contribution is -0.152. The highest BCUT2D eigenvalue weighted by atomic mass is 16.5. The normalized spacial score (nSPS) is 13.9. The third-order valence-electron chi connectivity index (χ3n) is 5.73. The van der Waals surface area contributed by atoms with Gasteiger partial charge >= 0.3 is 5.97 Å². The van der Waals surface area contributed by atoms with Crippen LogP contribution in [-0.2, 0) is 14.9 Å². The molecule has 0 aliphatic carbocycles. The maximum atomic E-state index is 12.5. The summed E-state index contributed by atoms with van der Waals surface area (Å²) in [4.78, 5) is 14.7. The van der Waals surface area contributed by atoms with Crippen molar-refractivity contribution in [3.63, 3.8) is 0 Å². The summed E-state index contributed by atoms with van der Waals surface area (Å²) in [7, 11) is 4.21. The second kappa shape index (κ2) is 10.4. The molecule has 0 N–H and O–H groups in total. The van der Waals surface area contributed by atoms with Gasteiger partial charge in [-0.25, -0.2) is 0 Å². The van der Waals surface area contributed by atoms with Crippen LogP contribution in [0.1, 0.15) is 57.6 Å². The predicted octanol–water partition coefficient (Wildman–Crippen LogP) is 5.43. The van der Waals surface area contributed by atoms with E-state index in [2.05, 4.69) is 81.4 Å². The molecule has 0 aliphatic heterocycles. The van der Waals surface area contributed by atoms with E-state index in [1.807, 2.05) is 19.1 Å². The summed E-state index contributed by atoms with van der Waals surface area (Å²) in [5.41, 5.74) is 2.00. The van der Waals surface area contributed by atoms with Crippen molar-refractivity contribution in [2.75, 3.05) is 14.1 Å². The molecule has 152 valence electrons. The third kappa shape index (κ3) is 5.02. The molecule has 28 heavy (non-hydrogen) atoms. The van der Waals surface area contributed by atoms with Crippen molar-refractivity contribution in [2.24, 2.45) is 0 Å². The van der Waals surface area contributed by atoms with Crippen LogP contribution in [0.15, 0.2) is 60.7 Å². The quantitative estimate of drug-likeness (QED) is 0.514. The number of carbonyl (C=O) groups excluding carboxylic acids is 1. The number of ether oxygens (including phenoxy) is 1. The molecule has 0 amide bonds. The zero-order chi connectivity index (χ0) is 20.6. The minimum atomic E-state index is -0.398. The standard InChI is InChI=1S/C25H35NO2/c1-6-14-24(27)28-23(7-2)25(19-20(3)26(4)5,21-15-10-8-11-16-21)22-17-12-9-13-18-22/h8-13,15-18,20,23H,6-7,14,19H2,1-5H3/t20-,23?/m0/s1. The lowest BCUT2D eigenvalue weighted by atomic mass is 9.66. The summed E-state index contributed by atoms with van der Waals surface area (Å²) < 4.78 is 6.14. The van der Waals surface area contributed by atoms with Gasteiger partial charge in [-0.15, -0.1) is 0 Å². The van der Waals surface area contributed by atoms with Gasteiger partial charge in [0.15, 0.2) is 0 Å². The second-order valence-corrected chi connectivity index (χ2v) is 7.86. The highest BCUT2D eigenvalue weighted by Crippen LogP contribution is 2.43. The molecule has 0 radical (unpaired) electrons. The highest BCUT2D eigenvalue weighted by molar-refractivity contribution is 5.69. The number of benzene rings is 2. The Morgan fingerprint density at radius 2 is 1.46 bits per heavy atom. The van der Waals surface area contributed by atoms with E-state index in [1.165, 1.54) is 11.1 Å². The van der Waals surface area contributed by atoms with Gasteiger partial charge in [-0.3, -0.25) is 4.79 Å². The molecule has 0 saturated carbocycles. The molecule has 0 spiro atoms. The SMILES string of the molecule is CCCC(=O)OC(CC)C(C[C@H](C)N(C)C)(c1ccccc1)c1ccccc1. The molecule has 0 aliphatic rings. The van der Waals surface area contributed by atoms with Crippen molar-refractivity contribution >= 4 is 5.97 Å². The van der Waals surface area contributed by atoms with Crippen LogP contribution in [0.3, 0.4) is 0 Å². The molecular formula is C25H35NO2. The number of rotatable bonds is 10. The van der Waals surface area contributed by atoms with Crippen molar-refractivity contribution in [1.82, 2.24) is 4.90 Å². The van der Waals surface area contributed by atoms with Crippen LogP contribution in [0.2, 0.25) is 0 Å². The Kier molecular flexibility index (Phi) is 8.25. The van der Waals surface area contributed by atoms with Crippen molar-refractivity contribution in [2.45, 2.75) is 64.0 Å². The molecule has 3 nitrogen and oxygen atoms in total. The Balaban J connectivity index is 2.66. The molecule has 2 atom stereocenters. The topological polar surface area (TPSA) is 29.5 Å². The van der Waals surface area contributed by atoms with Crippen molar-refractivity contribution in [3.8, 4) is 0 Å². The van der Waals surface area contributed by atoms with E-state index in [1.54, 1.807) is 0 Å². The molecule has 0 aromatic heterocycles. The molecule has 3 heteroatoms. The fraction of sp³-hybridized carbons (Fsp3) is 0.480. The number of hydrogen-bond acceptors (Lipinski definition) is 3. The molecule has 2 aromatic rings. The van der Waals surface area contributed by atoms with E-state index in [0.717, 1.165) is 19.3 Å². The van der Waals surface area contributed by atoms with Gasteiger partial charge in [-0.2, -0.15) is 0 Å². The molecular weight excluding hydrogens is 346 g/mol. The second-order valence-electron chi connectivity index (χ2n) is 7.86. The van der Waals surface area contributed by atoms with E-state index in [4.69, 9.17) is 4.74 Å². The van der Waals surface area contributed by atoms with Gasteiger partial charge in [0.1, 0.15) is 6.10 Å². The molecule has 0 bridgehead atoms. The van der Waals surface area contributed by atoms with Crippen LogP contribution in [0, 0.1) is 0 Å². The van der Waals surface area contributed by atoms with Gasteiger partial charge in [0.05, 0.1) is 5.41 Å². The maximum absolute atomic E-state index is 12.5. The van der Waals surface area contributed by atoms with Crippen molar-refractivity contribution in [3.05, 3.63) is 71.8 Å². The van der Waals surface area contributed by atoms with Gasteiger partial charge in [0.25, 0.3) is 0 Å². The van der Waals surface area contributed by atoms with Gasteiger partial charge in [0, 0.05) is 12.5 Å². The Morgan fingerprint density at radius 1 is 0.964 bits per heavy atom. The average Bonchev–Trinajstić information content (AvgIpc) is 2.71. The average molecular weight is 382 g/mol. The van der Waals surface area contributed by atoms with Crippen LogP contribution in [0.5, 0.6) is 0 Å². The smallest absolute Gasteiger partial charge is 0.306 e. The molecule has 0 saturated heterocycles. The summed E-state index contributed by atoms with van der Waals surface area (Å²) >= 11 is 0. The summed E-state index contributed by atoms with van der Waals surface area (Å²) in [5, 5.41) is 0. The van der Waals surface area contributed by atoms with Gasteiger partial charge in [0.2, 0.25) is 0 Å². The van der Waals surface area contributed by atoms with Gasteiger partial charge in [-0.1, -0.05) is 74.5 Å². The Bertz CT molecular complexity index is 672. The largest absolute Gasteiger partial charge is 0.461 e. The predicted molar refractivity (Wildman–Crippen MR) is 117 cm³/mol. The van der Waals surface area contributed by atoms with E-state index in [-0.39, 0.29) is 12.1 Å². The first-order valence-corrected chi connectivity index (χ1v) is 10.4. The summed E-state index contributed by atoms with van der Waals surface area (Å²) in [6, 6.07) is 21.4. The Labute approximate surface area is 170 Å². The number of carbonyl (C=O) groups is 1. The van der Waals surface area contributed by atoms with Crippen LogP contribution in [-0.4, -0.2) is 37.1 Å². The zero-order valence-electron chi connectivity index (χ0n) is 18.0. The lowest BCUT2D eigenvalue weighted by Gasteiger charge is -2.43. The van der Waals surface area contributed by atoms with E-state index in [9.17, 15) is 4.79 Å². The number of nitrogens with zero attached hydrogens (tertiary/aromatic N) is 1. The molecule has 1 unspecified atom stereocenters. The Morgan fingerprint density at radius 3 is 1.86 bits per heavy atom. The van der Waals surface area contributed by atoms with E-state index in [0.29, 0.717) is 12.5 Å². The van der Waals surface area contributed by atoms with Crippen LogP contribution < -0.4 is 0 Å². The maximum Gasteiger partial charge on any atom is 0.306 e. The molecule has 0 fully saturated rings. The lowest BCUT2D eigenvalue weighted by Crippen LogP contribution is -2.47. The van der Waals surface area contributed by atoms with Gasteiger partial charge < -0.3 is 9.64 Å². The fourth-order valence-electron chi connectivity index (χ4n) is 3.98. The summed E-state index contributed by atoms with van der Waals surface area (Å²) in [6.07, 6.45) is 2.66. The Hall–Kier alpha value is -2.13. The summed E-state index contributed by atoms with van der Waals surface area (Å²) in [5.74, 6) is -0.108. The molecule has 0 heterocycles. The summed E-state index contributed by atoms with van der Waals surface area (Å²) in [6.45, 7) is 6.37. The monoisotopic (exact) mass is 381 g/mol. The third-order valence-corrected chi connectivity index (χ3v) is 5.73. The minimum Gasteiger partial charge on any atom is -0.461 e. The first kappa shape index (κ1) is 22.2. The first-order chi connectivity index (χ1) is 13.5. The van der Waals surface area contributed by atoms with Crippen LogP contribution in [0.25, 0.3) is 0 Å². The number of hydrogen-bond donors (Lipinski definition) is 0. The van der Waals surface area contributed by atoms with Crippen molar-refractivity contribution in [1.29, 1.82) is 0 Å². The fourth-order valence-corrected chi connectivity index (χ4v) is 3.98. The van der Waals surface area contributed by atoms with Crippen molar-refractivity contribution < 1.29 is 9.53 Å². The molecule has 2 aromatic carbocycles. The molecule has 2 rings (SSSR count). The van der Waals surface area contributed by atoms with Gasteiger partial charge in [-0.05, 0) is 51.4 Å². The van der Waals surface area contributed by atoms with Crippen LogP contribution in [0.4, 0.5) is 0 Å². The van der Waals surface area contributed by atoms with Crippen LogP contribution >= 0.6 is 0 Å². The highest BCUT2D eigenvalue weighted by Gasteiger charge is 2.44. The first-order valence-electron chi connectivity index (χ1n) is 10.4. The number of esters is 1. The van der Waals surface area contributed by atoms with E-state index < -0.39 is 5.41 Å². The van der Waals surface area contributed by atoms with E-state index >= 15 is 0 Å². The minimum absolute atomic E-state index is 0.108. The zero-order valence-corrected chi connectivity index (χ0v) is 18.0.